The predicted molar refractivity (Wildman–Crippen MR) is 81.4 cm³/mol. The van der Waals surface area contributed by atoms with Crippen molar-refractivity contribution < 1.29 is 10.2 Å². The van der Waals surface area contributed by atoms with Crippen molar-refractivity contribution in [1.82, 2.24) is 0 Å². The van der Waals surface area contributed by atoms with E-state index in [4.69, 9.17) is 0 Å². The molecule has 5 rings (SSSR count). The number of hydrogen-bond acceptors (Lipinski definition) is 2. The first-order valence-corrected chi connectivity index (χ1v) is 9.55. The van der Waals surface area contributed by atoms with Crippen molar-refractivity contribution >= 4 is 0 Å². The van der Waals surface area contributed by atoms with Gasteiger partial charge in [-0.2, -0.15) is 0 Å². The molecule has 4 bridgehead atoms. The van der Waals surface area contributed by atoms with Gasteiger partial charge < -0.3 is 10.2 Å². The molecule has 10 unspecified atom stereocenters. The number of aliphatic hydroxyl groups excluding tert-OH is 2. The van der Waals surface area contributed by atoms with Crippen molar-refractivity contribution in [3.05, 3.63) is 0 Å². The zero-order valence-electron chi connectivity index (χ0n) is 13.0. The largest absolute Gasteiger partial charge is 0.396 e. The van der Waals surface area contributed by atoms with Crippen molar-refractivity contribution in [1.29, 1.82) is 0 Å². The maximum absolute atomic E-state index is 9.38. The molecule has 118 valence electrons. The Morgan fingerprint density at radius 3 is 2.24 bits per heavy atom. The van der Waals surface area contributed by atoms with Crippen molar-refractivity contribution in [2.45, 2.75) is 44.9 Å². The molecule has 0 heterocycles. The minimum atomic E-state index is 0.407. The van der Waals surface area contributed by atoms with Crippen LogP contribution < -0.4 is 0 Å². The average molecular weight is 290 g/mol. The summed E-state index contributed by atoms with van der Waals surface area (Å²) in [5.41, 5.74) is 0. The molecule has 2 N–H and O–H groups in total. The monoisotopic (exact) mass is 290 g/mol. The molecule has 2 nitrogen and oxygen atoms in total. The zero-order valence-corrected chi connectivity index (χ0v) is 13.0. The van der Waals surface area contributed by atoms with Crippen LogP contribution in [0.4, 0.5) is 0 Å². The zero-order chi connectivity index (χ0) is 14.1. The molecule has 5 fully saturated rings. The van der Waals surface area contributed by atoms with Crippen LogP contribution >= 0.6 is 0 Å². The van der Waals surface area contributed by atoms with Crippen LogP contribution in [0, 0.1) is 59.2 Å². The SMILES string of the molecule is OCCC1CC2CC1C1C3CC(C4C(CCO)CCC34)C21. The van der Waals surface area contributed by atoms with Gasteiger partial charge in [-0.05, 0) is 104 Å². The Hall–Kier alpha value is -0.0800. The van der Waals surface area contributed by atoms with Gasteiger partial charge in [0.1, 0.15) is 0 Å². The first-order valence-electron chi connectivity index (χ1n) is 9.55. The lowest BCUT2D eigenvalue weighted by Crippen LogP contribution is -2.40. The maximum Gasteiger partial charge on any atom is 0.0433 e. The first kappa shape index (κ1) is 13.4. The average Bonchev–Trinajstić information content (AvgIpc) is 3.21. The molecule has 0 amide bonds. The van der Waals surface area contributed by atoms with E-state index in [9.17, 15) is 10.2 Å². The second-order valence-electron chi connectivity index (χ2n) is 8.98. The predicted octanol–water partition coefficient (Wildman–Crippen LogP) is 2.93. The van der Waals surface area contributed by atoms with E-state index in [-0.39, 0.29) is 0 Å². The fraction of sp³-hybridized carbons (Fsp3) is 1.00. The molecule has 0 aromatic carbocycles. The van der Waals surface area contributed by atoms with Gasteiger partial charge >= 0.3 is 0 Å². The lowest BCUT2D eigenvalue weighted by atomic mass is 9.60. The van der Waals surface area contributed by atoms with Crippen LogP contribution in [0.1, 0.15) is 44.9 Å². The van der Waals surface area contributed by atoms with E-state index in [1.807, 2.05) is 0 Å². The van der Waals surface area contributed by atoms with Crippen LogP contribution in [0.2, 0.25) is 0 Å². The van der Waals surface area contributed by atoms with Gasteiger partial charge in [0.2, 0.25) is 0 Å². The molecule has 10 atom stereocenters. The summed E-state index contributed by atoms with van der Waals surface area (Å²) in [6.45, 7) is 0.813. The van der Waals surface area contributed by atoms with E-state index >= 15 is 0 Å². The molecule has 5 aliphatic carbocycles. The fourth-order valence-corrected chi connectivity index (χ4v) is 8.64. The molecule has 2 heteroatoms. The summed E-state index contributed by atoms with van der Waals surface area (Å²) < 4.78 is 0. The summed E-state index contributed by atoms with van der Waals surface area (Å²) in [6, 6.07) is 0. The van der Waals surface area contributed by atoms with E-state index in [1.165, 1.54) is 32.1 Å². The minimum Gasteiger partial charge on any atom is -0.396 e. The highest BCUT2D eigenvalue weighted by Gasteiger charge is 2.68. The minimum absolute atomic E-state index is 0.407. The summed E-state index contributed by atoms with van der Waals surface area (Å²) in [6.07, 6.45) is 9.46. The first-order chi connectivity index (χ1) is 10.3. The van der Waals surface area contributed by atoms with Crippen LogP contribution in [0.3, 0.4) is 0 Å². The highest BCUT2D eigenvalue weighted by atomic mass is 16.3. The lowest BCUT2D eigenvalue weighted by molar-refractivity contribution is 0.0253. The van der Waals surface area contributed by atoms with Gasteiger partial charge in [-0.1, -0.05) is 0 Å². The number of fused-ring (bicyclic) bond motifs is 12. The molecule has 0 spiro atoms. The van der Waals surface area contributed by atoms with Gasteiger partial charge in [-0.25, -0.2) is 0 Å². The van der Waals surface area contributed by atoms with Crippen LogP contribution in [-0.2, 0) is 0 Å². The third-order valence-electron chi connectivity index (χ3n) is 8.76. The molecule has 5 aliphatic rings. The van der Waals surface area contributed by atoms with Gasteiger partial charge in [0, 0.05) is 13.2 Å². The fourth-order valence-electron chi connectivity index (χ4n) is 8.64. The topological polar surface area (TPSA) is 40.5 Å². The molecular formula is C19H30O2. The van der Waals surface area contributed by atoms with Crippen molar-refractivity contribution in [2.24, 2.45) is 59.2 Å². The van der Waals surface area contributed by atoms with Crippen molar-refractivity contribution in [3.8, 4) is 0 Å². The molecule has 0 aliphatic heterocycles. The summed E-state index contributed by atoms with van der Waals surface area (Å²) >= 11 is 0. The van der Waals surface area contributed by atoms with E-state index in [2.05, 4.69) is 0 Å². The molecule has 21 heavy (non-hydrogen) atoms. The molecule has 0 radical (unpaired) electrons. The lowest BCUT2D eigenvalue weighted by Gasteiger charge is -2.44. The molecular weight excluding hydrogens is 260 g/mol. The highest BCUT2D eigenvalue weighted by molar-refractivity contribution is 5.16. The summed E-state index contributed by atoms with van der Waals surface area (Å²) in [4.78, 5) is 0. The van der Waals surface area contributed by atoms with Crippen LogP contribution in [0.15, 0.2) is 0 Å². The number of rotatable bonds is 4. The standard InChI is InChI=1S/C19H30O2/c20-5-3-10-1-2-13-15-9-16(17(10)13)18-12-7-11(4-6-21)14(8-12)19(15)18/h10-21H,1-9H2. The Balaban J connectivity index is 1.40. The van der Waals surface area contributed by atoms with Crippen molar-refractivity contribution in [3.63, 3.8) is 0 Å². The Morgan fingerprint density at radius 1 is 0.619 bits per heavy atom. The van der Waals surface area contributed by atoms with Gasteiger partial charge in [0.15, 0.2) is 0 Å². The third-order valence-corrected chi connectivity index (χ3v) is 8.76. The van der Waals surface area contributed by atoms with Gasteiger partial charge in [-0.3, -0.25) is 0 Å². The van der Waals surface area contributed by atoms with Gasteiger partial charge in [0.25, 0.3) is 0 Å². The number of aliphatic hydroxyl groups is 2. The van der Waals surface area contributed by atoms with E-state index < -0.39 is 0 Å². The van der Waals surface area contributed by atoms with E-state index in [1.54, 1.807) is 0 Å². The normalized spacial score (nSPS) is 59.7. The summed E-state index contributed by atoms with van der Waals surface area (Å²) in [5, 5.41) is 18.7. The number of hydrogen-bond donors (Lipinski definition) is 2. The maximum atomic E-state index is 9.38. The van der Waals surface area contributed by atoms with E-state index in [0.29, 0.717) is 13.2 Å². The molecule has 5 saturated carbocycles. The van der Waals surface area contributed by atoms with Crippen LogP contribution in [0.5, 0.6) is 0 Å². The molecule has 0 aromatic rings. The van der Waals surface area contributed by atoms with Crippen LogP contribution in [-0.4, -0.2) is 23.4 Å². The summed E-state index contributed by atoms with van der Waals surface area (Å²) in [7, 11) is 0. The second-order valence-corrected chi connectivity index (χ2v) is 8.98. The second kappa shape index (κ2) is 4.71. The smallest absolute Gasteiger partial charge is 0.0433 e. The van der Waals surface area contributed by atoms with Gasteiger partial charge in [-0.15, -0.1) is 0 Å². The third kappa shape index (κ3) is 1.62. The van der Waals surface area contributed by atoms with Crippen molar-refractivity contribution in [2.75, 3.05) is 13.2 Å². The Labute approximate surface area is 128 Å². The van der Waals surface area contributed by atoms with Crippen LogP contribution in [0.25, 0.3) is 0 Å². The Morgan fingerprint density at radius 2 is 1.43 bits per heavy atom. The summed E-state index contributed by atoms with van der Waals surface area (Å²) in [5.74, 6) is 9.83. The molecule has 0 saturated heterocycles. The van der Waals surface area contributed by atoms with Gasteiger partial charge in [0.05, 0.1) is 0 Å². The molecule has 0 aromatic heterocycles. The highest BCUT2D eigenvalue weighted by Crippen LogP contribution is 2.74. The Kier molecular flexibility index (Phi) is 3.00. The van der Waals surface area contributed by atoms with E-state index in [0.717, 1.165) is 72.0 Å². The quantitative estimate of drug-likeness (QED) is 0.782. The Bertz CT molecular complexity index is 422.